The molecule has 18 heavy (non-hydrogen) atoms. The summed E-state index contributed by atoms with van der Waals surface area (Å²) in [6, 6.07) is 0. The van der Waals surface area contributed by atoms with Crippen molar-refractivity contribution in [3.8, 4) is 0 Å². The summed E-state index contributed by atoms with van der Waals surface area (Å²) < 4.78 is 21.3. The van der Waals surface area contributed by atoms with Crippen molar-refractivity contribution in [2.24, 2.45) is 0 Å². The molecule has 0 bridgehead atoms. The lowest BCUT2D eigenvalue weighted by Crippen LogP contribution is -2.37. The summed E-state index contributed by atoms with van der Waals surface area (Å²) >= 11 is 0. The van der Waals surface area contributed by atoms with Gasteiger partial charge in [-0.2, -0.15) is 0 Å². The van der Waals surface area contributed by atoms with Gasteiger partial charge in [-0.25, -0.2) is 4.57 Å². The fourth-order valence-electron chi connectivity index (χ4n) is 0.798. The number of nitrogens with zero attached hydrogens (tertiary/aromatic N) is 1. The molecule has 0 saturated carbocycles. The number of rotatable bonds is 8. The first kappa shape index (κ1) is 17.3. The number of phosphoric ester groups is 1. The van der Waals surface area contributed by atoms with E-state index < -0.39 is 20.5 Å². The Morgan fingerprint density at radius 1 is 1.39 bits per heavy atom. The number of hydrogen-bond donors (Lipinski definition) is 2. The van der Waals surface area contributed by atoms with Crippen LogP contribution in [0.4, 0.5) is 0 Å². The van der Waals surface area contributed by atoms with E-state index in [0.717, 1.165) is 0 Å². The van der Waals surface area contributed by atoms with Gasteiger partial charge in [0.05, 0.1) is 21.1 Å². The van der Waals surface area contributed by atoms with E-state index in [1.165, 1.54) is 6.92 Å². The minimum Gasteiger partial charge on any atom is -0.329 e. The zero-order valence-electron chi connectivity index (χ0n) is 11.3. The van der Waals surface area contributed by atoms with Gasteiger partial charge in [-0.15, -0.1) is 0 Å². The SMILES string of the molecule is C=C(C)C(=O)NCOP(=O)(O)OCC[N+](C)(C)C. The number of hydrogen-bond acceptors (Lipinski definition) is 4. The molecule has 0 aliphatic carbocycles. The third-order valence-corrected chi connectivity index (χ3v) is 2.83. The van der Waals surface area contributed by atoms with Crippen LogP contribution in [0.15, 0.2) is 12.2 Å². The molecule has 1 amide bonds. The molecular weight excluding hydrogens is 259 g/mol. The molecule has 1 atom stereocenters. The summed E-state index contributed by atoms with van der Waals surface area (Å²) in [6.07, 6.45) is 0. The fourth-order valence-corrected chi connectivity index (χ4v) is 1.41. The van der Waals surface area contributed by atoms with Crippen molar-refractivity contribution in [2.45, 2.75) is 6.92 Å². The fraction of sp³-hybridized carbons (Fsp3) is 0.700. The molecule has 1 unspecified atom stereocenters. The van der Waals surface area contributed by atoms with Gasteiger partial charge in [-0.3, -0.25) is 13.8 Å². The Bertz CT molecular complexity index is 351. The highest BCUT2D eigenvalue weighted by Crippen LogP contribution is 2.42. The molecule has 0 rings (SSSR count). The molecule has 8 heteroatoms. The van der Waals surface area contributed by atoms with Gasteiger partial charge in [0.2, 0.25) is 5.91 Å². The molecule has 2 N–H and O–H groups in total. The minimum atomic E-state index is -4.12. The van der Waals surface area contributed by atoms with Crippen molar-refractivity contribution >= 4 is 13.7 Å². The first-order valence-electron chi connectivity index (χ1n) is 5.39. The molecular formula is C10H22N2O5P+. The van der Waals surface area contributed by atoms with Gasteiger partial charge in [0.1, 0.15) is 19.9 Å². The van der Waals surface area contributed by atoms with Crippen LogP contribution in [-0.4, -0.2) is 56.3 Å². The van der Waals surface area contributed by atoms with Crippen LogP contribution in [0.5, 0.6) is 0 Å². The van der Waals surface area contributed by atoms with Gasteiger partial charge in [0, 0.05) is 5.57 Å². The lowest BCUT2D eigenvalue weighted by molar-refractivity contribution is -0.870. The van der Waals surface area contributed by atoms with Gasteiger partial charge < -0.3 is 14.7 Å². The molecule has 106 valence electrons. The number of carbonyl (C=O) groups is 1. The minimum absolute atomic E-state index is 0.0890. The van der Waals surface area contributed by atoms with E-state index in [-0.39, 0.29) is 12.2 Å². The van der Waals surface area contributed by atoms with Gasteiger partial charge in [-0.05, 0) is 6.92 Å². The molecule has 0 aromatic rings. The molecule has 0 radical (unpaired) electrons. The van der Waals surface area contributed by atoms with Crippen LogP contribution in [-0.2, 0) is 18.4 Å². The summed E-state index contributed by atoms with van der Waals surface area (Å²) in [5.74, 6) is -0.443. The Kier molecular flexibility index (Phi) is 6.73. The van der Waals surface area contributed by atoms with E-state index in [4.69, 9.17) is 4.52 Å². The number of phosphoric acid groups is 1. The highest BCUT2D eigenvalue weighted by molar-refractivity contribution is 7.47. The number of likely N-dealkylation sites (N-methyl/N-ethyl adjacent to an activating group) is 1. The summed E-state index contributed by atoms with van der Waals surface area (Å²) in [4.78, 5) is 20.4. The Labute approximate surface area is 108 Å². The summed E-state index contributed by atoms with van der Waals surface area (Å²) in [5.41, 5.74) is 0.289. The maximum absolute atomic E-state index is 11.4. The number of carbonyl (C=O) groups excluding carboxylic acids is 1. The monoisotopic (exact) mass is 281 g/mol. The van der Waals surface area contributed by atoms with Crippen molar-refractivity contribution in [3.05, 3.63) is 12.2 Å². The number of nitrogens with one attached hydrogen (secondary N) is 1. The van der Waals surface area contributed by atoms with E-state index in [0.29, 0.717) is 11.0 Å². The van der Waals surface area contributed by atoms with Crippen molar-refractivity contribution in [1.29, 1.82) is 0 Å². The maximum atomic E-state index is 11.4. The second-order valence-corrected chi connectivity index (χ2v) is 6.33. The second kappa shape index (κ2) is 7.01. The molecule has 0 aromatic carbocycles. The van der Waals surface area contributed by atoms with E-state index in [2.05, 4.69) is 16.4 Å². The van der Waals surface area contributed by atoms with Crippen molar-refractivity contribution < 1.29 is 27.8 Å². The van der Waals surface area contributed by atoms with Crippen LogP contribution in [0.1, 0.15) is 6.92 Å². The van der Waals surface area contributed by atoms with Crippen LogP contribution in [0.25, 0.3) is 0 Å². The van der Waals surface area contributed by atoms with E-state index in [9.17, 15) is 14.3 Å². The van der Waals surface area contributed by atoms with Gasteiger partial charge in [0.25, 0.3) is 0 Å². The van der Waals surface area contributed by atoms with E-state index in [1.807, 2.05) is 21.1 Å². The Morgan fingerprint density at radius 3 is 2.39 bits per heavy atom. The smallest absolute Gasteiger partial charge is 0.329 e. The first-order valence-corrected chi connectivity index (χ1v) is 6.89. The zero-order chi connectivity index (χ0) is 14.4. The molecule has 0 aromatic heterocycles. The summed E-state index contributed by atoms with van der Waals surface area (Å²) in [6.45, 7) is 5.19. The van der Waals surface area contributed by atoms with Crippen LogP contribution < -0.4 is 5.32 Å². The predicted octanol–water partition coefficient (Wildman–Crippen LogP) is 0.476. The van der Waals surface area contributed by atoms with Crippen LogP contribution in [0, 0.1) is 0 Å². The number of quaternary nitrogens is 1. The van der Waals surface area contributed by atoms with Gasteiger partial charge >= 0.3 is 7.82 Å². The third-order valence-electron chi connectivity index (χ3n) is 1.86. The molecule has 0 spiro atoms. The summed E-state index contributed by atoms with van der Waals surface area (Å²) in [7, 11) is 1.67. The van der Waals surface area contributed by atoms with Crippen LogP contribution >= 0.6 is 7.82 Å². The lowest BCUT2D eigenvalue weighted by atomic mass is 10.3. The third kappa shape index (κ3) is 9.32. The molecule has 0 fully saturated rings. The molecule has 0 aliphatic heterocycles. The lowest BCUT2D eigenvalue weighted by Gasteiger charge is -2.24. The topological polar surface area (TPSA) is 84.9 Å². The normalized spacial score (nSPS) is 14.9. The molecule has 0 saturated heterocycles. The number of amides is 1. The quantitative estimate of drug-likeness (QED) is 0.292. The van der Waals surface area contributed by atoms with Crippen molar-refractivity contribution in [2.75, 3.05) is 41.0 Å². The molecule has 0 aliphatic rings. The van der Waals surface area contributed by atoms with E-state index in [1.54, 1.807) is 0 Å². The molecule has 0 heterocycles. The van der Waals surface area contributed by atoms with Gasteiger partial charge in [-0.1, -0.05) is 6.58 Å². The Morgan fingerprint density at radius 2 is 1.94 bits per heavy atom. The molecule has 7 nitrogen and oxygen atoms in total. The largest absolute Gasteiger partial charge is 0.474 e. The Balaban J connectivity index is 3.91. The standard InChI is InChI=1S/C10H21N2O5P/c1-9(2)10(13)11-8-17-18(14,15)16-7-6-12(3,4)5/h1,6-8H2,2-5H3,(H-,11,13,14,15)/p+1. The van der Waals surface area contributed by atoms with Crippen LogP contribution in [0.3, 0.4) is 0 Å². The van der Waals surface area contributed by atoms with E-state index >= 15 is 0 Å². The first-order chi connectivity index (χ1) is 8.03. The van der Waals surface area contributed by atoms with Crippen molar-refractivity contribution in [3.63, 3.8) is 0 Å². The maximum Gasteiger partial charge on any atom is 0.474 e. The zero-order valence-corrected chi connectivity index (χ0v) is 12.2. The Hall–Kier alpha value is -0.720. The average Bonchev–Trinajstić information content (AvgIpc) is 2.14. The average molecular weight is 281 g/mol. The van der Waals surface area contributed by atoms with Crippen LogP contribution in [0.2, 0.25) is 0 Å². The predicted molar refractivity (Wildman–Crippen MR) is 67.6 cm³/mol. The highest BCUT2D eigenvalue weighted by Gasteiger charge is 2.22. The highest BCUT2D eigenvalue weighted by atomic mass is 31.2. The second-order valence-electron chi connectivity index (χ2n) is 4.88. The van der Waals surface area contributed by atoms with Gasteiger partial charge in [0.15, 0.2) is 0 Å². The summed E-state index contributed by atoms with van der Waals surface area (Å²) in [5, 5.41) is 2.27. The van der Waals surface area contributed by atoms with Crippen molar-refractivity contribution in [1.82, 2.24) is 5.32 Å².